The molecule has 0 saturated heterocycles. The summed E-state index contributed by atoms with van der Waals surface area (Å²) in [6.07, 6.45) is 0. The van der Waals surface area contributed by atoms with Crippen molar-refractivity contribution in [3.63, 3.8) is 0 Å². The second kappa shape index (κ2) is 10.1. The maximum absolute atomic E-state index is 6.20. The molecule has 0 radical (unpaired) electrons. The van der Waals surface area contributed by atoms with Gasteiger partial charge >= 0.3 is 0 Å². The topological polar surface area (TPSA) is 12.0 Å². The van der Waals surface area contributed by atoms with Crippen LogP contribution in [0.1, 0.15) is 20.8 Å². The van der Waals surface area contributed by atoms with Crippen LogP contribution >= 0.6 is 19.5 Å². The quantitative estimate of drug-likeness (QED) is 0.212. The van der Waals surface area contributed by atoms with Gasteiger partial charge in [0.25, 0.3) is 0 Å². The Kier molecular flexibility index (Phi) is 7.33. The Hall–Kier alpha value is -2.38. The molecule has 0 heterocycles. The van der Waals surface area contributed by atoms with Crippen molar-refractivity contribution < 1.29 is 0 Å². The molecule has 0 unspecified atom stereocenters. The lowest BCUT2D eigenvalue weighted by molar-refractivity contribution is 0.729. The molecule has 4 aromatic rings. The Bertz CT molecular complexity index is 1190. The molecule has 1 nitrogen and oxygen atoms in total. The Morgan fingerprint density at radius 3 is 1.71 bits per heavy atom. The van der Waals surface area contributed by atoms with E-state index in [1.165, 1.54) is 26.8 Å². The fraction of sp³-hybridized carbons (Fsp3) is 0.200. The van der Waals surface area contributed by atoms with Crippen LogP contribution in [-0.2, 0) is 0 Å². The van der Waals surface area contributed by atoms with Gasteiger partial charge in [-0.1, -0.05) is 124 Å². The molecule has 34 heavy (non-hydrogen) atoms. The molecule has 4 heteroatoms. The summed E-state index contributed by atoms with van der Waals surface area (Å²) in [6, 6.07) is 36.9. The van der Waals surface area contributed by atoms with Crippen LogP contribution in [0.15, 0.2) is 103 Å². The van der Waals surface area contributed by atoms with E-state index in [0.29, 0.717) is 0 Å². The van der Waals surface area contributed by atoms with Gasteiger partial charge in [-0.05, 0) is 53.0 Å². The molecule has 4 rings (SSSR count). The highest BCUT2D eigenvalue weighted by molar-refractivity contribution is 7.80. The zero-order valence-corrected chi connectivity index (χ0v) is 23.3. The van der Waals surface area contributed by atoms with Gasteiger partial charge in [-0.3, -0.25) is 0 Å². The van der Waals surface area contributed by atoms with Gasteiger partial charge in [0.1, 0.15) is 0 Å². The van der Waals surface area contributed by atoms with Crippen molar-refractivity contribution in [1.82, 2.24) is 0 Å². The van der Waals surface area contributed by atoms with Crippen LogP contribution < -0.4 is 26.4 Å². The van der Waals surface area contributed by atoms with Crippen LogP contribution in [0.4, 0.5) is 11.4 Å². The lowest BCUT2D eigenvalue weighted by Crippen LogP contribution is -2.51. The number of para-hydroxylation sites is 1. The van der Waals surface area contributed by atoms with Crippen molar-refractivity contribution in [1.29, 1.82) is 0 Å². The van der Waals surface area contributed by atoms with E-state index in [1.807, 2.05) is 12.1 Å². The molecule has 0 fully saturated rings. The van der Waals surface area contributed by atoms with Crippen LogP contribution in [0.25, 0.3) is 0 Å². The lowest BCUT2D eigenvalue weighted by Gasteiger charge is -2.39. The van der Waals surface area contributed by atoms with Crippen molar-refractivity contribution in [2.75, 3.05) is 5.32 Å². The van der Waals surface area contributed by atoms with Gasteiger partial charge in [-0.25, -0.2) is 0 Å². The summed E-state index contributed by atoms with van der Waals surface area (Å²) in [7, 11) is -2.58. The number of halogens is 1. The van der Waals surface area contributed by atoms with E-state index in [4.69, 9.17) is 11.6 Å². The lowest BCUT2D eigenvalue weighted by atomic mass is 10.2. The third-order valence-corrected chi connectivity index (χ3v) is 15.2. The van der Waals surface area contributed by atoms with E-state index < -0.39 is 16.0 Å². The third-order valence-electron chi connectivity index (χ3n) is 6.97. The summed E-state index contributed by atoms with van der Waals surface area (Å²) < 4.78 is 0. The molecular weight excluding hydrogens is 469 g/mol. The average molecular weight is 502 g/mol. The van der Waals surface area contributed by atoms with Gasteiger partial charge in [0.05, 0.1) is 8.07 Å². The van der Waals surface area contributed by atoms with Crippen LogP contribution in [0.3, 0.4) is 0 Å². The van der Waals surface area contributed by atoms with Gasteiger partial charge in [0.15, 0.2) is 0 Å². The van der Waals surface area contributed by atoms with E-state index in [-0.39, 0.29) is 5.04 Å². The Labute approximate surface area is 212 Å². The minimum atomic E-state index is -1.85. The van der Waals surface area contributed by atoms with Crippen molar-refractivity contribution in [3.05, 3.63) is 108 Å². The van der Waals surface area contributed by atoms with Crippen LogP contribution in [-0.4, -0.2) is 8.07 Å². The summed E-state index contributed by atoms with van der Waals surface area (Å²) in [5.41, 5.74) is 2.32. The number of rotatable bonds is 6. The van der Waals surface area contributed by atoms with E-state index >= 15 is 0 Å². The molecule has 1 N–H and O–H groups in total. The highest BCUT2D eigenvalue weighted by Crippen LogP contribution is 2.40. The molecular formula is C30H33ClNPSi. The van der Waals surface area contributed by atoms with E-state index in [9.17, 15) is 0 Å². The Balaban J connectivity index is 1.98. The van der Waals surface area contributed by atoms with E-state index in [1.54, 1.807) is 0 Å². The number of benzene rings is 4. The fourth-order valence-electron chi connectivity index (χ4n) is 4.04. The zero-order chi connectivity index (χ0) is 24.3. The maximum atomic E-state index is 6.20. The highest BCUT2D eigenvalue weighted by Gasteiger charge is 2.39. The molecule has 0 aliphatic carbocycles. The van der Waals surface area contributed by atoms with Gasteiger partial charge in [0.2, 0.25) is 0 Å². The van der Waals surface area contributed by atoms with Crippen LogP contribution in [0.5, 0.6) is 0 Å². The third kappa shape index (κ3) is 5.15. The minimum Gasteiger partial charge on any atom is -0.355 e. The van der Waals surface area contributed by atoms with E-state index in [0.717, 1.165) is 10.7 Å². The minimum absolute atomic E-state index is 0.213. The van der Waals surface area contributed by atoms with Gasteiger partial charge in [-0.15, -0.1) is 0 Å². The van der Waals surface area contributed by atoms with Gasteiger partial charge in [0, 0.05) is 21.7 Å². The summed E-state index contributed by atoms with van der Waals surface area (Å²) in [5.74, 6) is 0. The van der Waals surface area contributed by atoms with Crippen LogP contribution in [0, 0.1) is 0 Å². The second-order valence-corrected chi connectivity index (χ2v) is 18.1. The molecule has 0 aliphatic rings. The Morgan fingerprint density at radius 1 is 0.676 bits per heavy atom. The standard InChI is InChI=1S/C30H33ClNPSi/c1-30(2,3)34(4,5)28-18-12-17-27(29(28)32-24-21-19-23(31)20-22-24)33(25-13-8-6-9-14-25)26-15-10-7-11-16-26/h6-22,32H,1-5H3. The molecule has 0 saturated carbocycles. The molecule has 0 spiro atoms. The van der Waals surface area contributed by atoms with Crippen molar-refractivity contribution >= 4 is 60.1 Å². The first-order valence-electron chi connectivity index (χ1n) is 11.7. The smallest absolute Gasteiger partial charge is 0.0886 e. The number of hydrogen-bond donors (Lipinski definition) is 1. The largest absolute Gasteiger partial charge is 0.355 e. The molecule has 174 valence electrons. The predicted octanol–water partition coefficient (Wildman–Crippen LogP) is 7.56. The monoisotopic (exact) mass is 501 g/mol. The van der Waals surface area contributed by atoms with Gasteiger partial charge < -0.3 is 5.32 Å². The molecule has 0 aliphatic heterocycles. The van der Waals surface area contributed by atoms with Crippen molar-refractivity contribution in [2.24, 2.45) is 0 Å². The first-order valence-corrected chi connectivity index (χ1v) is 16.5. The molecule has 4 aromatic carbocycles. The van der Waals surface area contributed by atoms with Crippen molar-refractivity contribution in [3.8, 4) is 0 Å². The fourth-order valence-corrected chi connectivity index (χ4v) is 8.85. The number of anilines is 2. The van der Waals surface area contributed by atoms with Gasteiger partial charge in [-0.2, -0.15) is 0 Å². The molecule has 0 atom stereocenters. The van der Waals surface area contributed by atoms with Crippen molar-refractivity contribution in [2.45, 2.75) is 38.9 Å². The average Bonchev–Trinajstić information content (AvgIpc) is 2.82. The summed E-state index contributed by atoms with van der Waals surface area (Å²) >= 11 is 6.20. The normalized spacial score (nSPS) is 12.1. The molecule has 0 amide bonds. The number of nitrogens with one attached hydrogen (secondary N) is 1. The van der Waals surface area contributed by atoms with Crippen LogP contribution in [0.2, 0.25) is 23.2 Å². The SMILES string of the molecule is CC(C)(C)[Si](C)(C)c1cccc(P(c2ccccc2)c2ccccc2)c1Nc1ccc(Cl)cc1. The summed E-state index contributed by atoms with van der Waals surface area (Å²) in [4.78, 5) is 0. The first-order chi connectivity index (χ1) is 16.2. The Morgan fingerprint density at radius 2 is 1.21 bits per heavy atom. The molecule has 0 aromatic heterocycles. The van der Waals surface area contributed by atoms with E-state index in [2.05, 4.69) is 130 Å². The summed E-state index contributed by atoms with van der Waals surface area (Å²) in [5, 5.41) is 10.4. The summed E-state index contributed by atoms with van der Waals surface area (Å²) in [6.45, 7) is 12.1. The second-order valence-electron chi connectivity index (χ2n) is 10.2. The predicted molar refractivity (Wildman–Crippen MR) is 157 cm³/mol. The zero-order valence-electron chi connectivity index (χ0n) is 20.6. The number of hydrogen-bond acceptors (Lipinski definition) is 1. The highest BCUT2D eigenvalue weighted by atomic mass is 35.5. The maximum Gasteiger partial charge on any atom is 0.0886 e. The first kappa shape index (κ1) is 24.7. The molecule has 0 bridgehead atoms.